The van der Waals surface area contributed by atoms with E-state index in [2.05, 4.69) is 28.3 Å². The van der Waals surface area contributed by atoms with Crippen LogP contribution in [0.1, 0.15) is 25.8 Å². The molecule has 2 aromatic rings. The summed E-state index contributed by atoms with van der Waals surface area (Å²) >= 11 is 1.51. The third-order valence-corrected chi connectivity index (χ3v) is 4.61. The van der Waals surface area contributed by atoms with Gasteiger partial charge >= 0.3 is 0 Å². The van der Waals surface area contributed by atoms with E-state index < -0.39 is 5.54 Å². The standard InChI is InChI=1S/C15H22N4OS/c1-4-7-17-15(3,13(16)20)9-21-14-18-11-6-5-10(2)8-12(11)19-14/h5-6,8,17H,4,7,9H2,1-3H3,(H2,16,20)(H,18,19). The zero-order chi connectivity index (χ0) is 15.5. The van der Waals surface area contributed by atoms with Crippen LogP contribution in [0.15, 0.2) is 23.4 Å². The van der Waals surface area contributed by atoms with E-state index in [9.17, 15) is 4.79 Å². The Morgan fingerprint density at radius 3 is 2.95 bits per heavy atom. The summed E-state index contributed by atoms with van der Waals surface area (Å²) in [6.45, 7) is 6.71. The number of benzene rings is 1. The largest absolute Gasteiger partial charge is 0.368 e. The predicted molar refractivity (Wildman–Crippen MR) is 87.4 cm³/mol. The number of imidazole rings is 1. The maximum absolute atomic E-state index is 11.7. The summed E-state index contributed by atoms with van der Waals surface area (Å²) in [5.74, 6) is 0.205. The van der Waals surface area contributed by atoms with Crippen LogP contribution in [0.25, 0.3) is 11.0 Å². The van der Waals surface area contributed by atoms with Crippen molar-refractivity contribution in [1.82, 2.24) is 15.3 Å². The molecular formula is C15H22N4OS. The van der Waals surface area contributed by atoms with Crippen LogP contribution in [0.2, 0.25) is 0 Å². The van der Waals surface area contributed by atoms with E-state index in [0.29, 0.717) is 5.75 Å². The number of hydrogen-bond donors (Lipinski definition) is 3. The molecule has 0 saturated heterocycles. The minimum absolute atomic E-state index is 0.338. The topological polar surface area (TPSA) is 83.8 Å². The van der Waals surface area contributed by atoms with Crippen molar-refractivity contribution in [2.24, 2.45) is 5.73 Å². The average molecular weight is 306 g/mol. The first-order chi connectivity index (χ1) is 9.94. The molecule has 4 N–H and O–H groups in total. The van der Waals surface area contributed by atoms with Crippen LogP contribution in [0.3, 0.4) is 0 Å². The van der Waals surface area contributed by atoms with E-state index in [0.717, 1.165) is 29.2 Å². The molecule has 0 spiro atoms. The minimum atomic E-state index is -0.727. The van der Waals surface area contributed by atoms with Crippen molar-refractivity contribution in [2.75, 3.05) is 12.3 Å². The number of amides is 1. The number of carbonyl (C=O) groups is 1. The zero-order valence-electron chi connectivity index (χ0n) is 12.7. The molecule has 6 heteroatoms. The highest BCUT2D eigenvalue weighted by molar-refractivity contribution is 7.99. The summed E-state index contributed by atoms with van der Waals surface area (Å²) in [5.41, 5.74) is 7.94. The Bertz CT molecular complexity index is 640. The number of rotatable bonds is 7. The first-order valence-electron chi connectivity index (χ1n) is 7.09. The molecule has 1 aromatic heterocycles. The van der Waals surface area contributed by atoms with Crippen LogP contribution < -0.4 is 11.1 Å². The van der Waals surface area contributed by atoms with Crippen LogP contribution in [0.4, 0.5) is 0 Å². The van der Waals surface area contributed by atoms with Crippen LogP contribution in [0, 0.1) is 6.92 Å². The number of nitrogens with one attached hydrogen (secondary N) is 2. The van der Waals surface area contributed by atoms with Gasteiger partial charge in [-0.1, -0.05) is 24.8 Å². The smallest absolute Gasteiger partial charge is 0.238 e. The molecule has 1 heterocycles. The number of nitrogens with two attached hydrogens (primary N) is 1. The molecular weight excluding hydrogens is 284 g/mol. The second-order valence-corrected chi connectivity index (χ2v) is 6.44. The number of fused-ring (bicyclic) bond motifs is 1. The monoisotopic (exact) mass is 306 g/mol. The second kappa shape index (κ2) is 6.49. The van der Waals surface area contributed by atoms with E-state index in [1.165, 1.54) is 17.3 Å². The Morgan fingerprint density at radius 2 is 2.29 bits per heavy atom. The SMILES string of the molecule is CCCNC(C)(CSc1nc2ccc(C)cc2[nH]1)C(N)=O. The van der Waals surface area contributed by atoms with Gasteiger partial charge in [0.15, 0.2) is 5.16 Å². The number of aromatic nitrogens is 2. The highest BCUT2D eigenvalue weighted by Crippen LogP contribution is 2.23. The number of H-pyrrole nitrogens is 1. The maximum atomic E-state index is 11.7. The normalized spacial score (nSPS) is 14.2. The highest BCUT2D eigenvalue weighted by Gasteiger charge is 2.30. The lowest BCUT2D eigenvalue weighted by molar-refractivity contribution is -0.122. The summed E-state index contributed by atoms with van der Waals surface area (Å²) in [6.07, 6.45) is 0.956. The minimum Gasteiger partial charge on any atom is -0.368 e. The Labute approximate surface area is 129 Å². The van der Waals surface area contributed by atoms with E-state index in [1.807, 2.05) is 26.0 Å². The fourth-order valence-electron chi connectivity index (χ4n) is 1.99. The molecule has 0 saturated carbocycles. The maximum Gasteiger partial charge on any atom is 0.238 e. The number of carbonyl (C=O) groups excluding carboxylic acids is 1. The number of nitrogens with zero attached hydrogens (tertiary/aromatic N) is 1. The molecule has 1 atom stereocenters. The van der Waals surface area contributed by atoms with Crippen LogP contribution >= 0.6 is 11.8 Å². The molecule has 5 nitrogen and oxygen atoms in total. The number of aromatic amines is 1. The molecule has 0 aliphatic heterocycles. The van der Waals surface area contributed by atoms with Crippen molar-refractivity contribution < 1.29 is 4.79 Å². The molecule has 114 valence electrons. The molecule has 0 bridgehead atoms. The summed E-state index contributed by atoms with van der Waals surface area (Å²) < 4.78 is 0. The average Bonchev–Trinajstić information content (AvgIpc) is 2.84. The lowest BCUT2D eigenvalue weighted by Crippen LogP contribution is -2.55. The Morgan fingerprint density at radius 1 is 1.52 bits per heavy atom. The van der Waals surface area contributed by atoms with Crippen molar-refractivity contribution in [1.29, 1.82) is 0 Å². The van der Waals surface area contributed by atoms with Crippen molar-refractivity contribution in [3.05, 3.63) is 23.8 Å². The molecule has 0 aliphatic rings. The van der Waals surface area contributed by atoms with Crippen molar-refractivity contribution in [2.45, 2.75) is 37.9 Å². The molecule has 1 unspecified atom stereocenters. The molecule has 2 rings (SSSR count). The fraction of sp³-hybridized carbons (Fsp3) is 0.467. The summed E-state index contributed by atoms with van der Waals surface area (Å²) in [6, 6.07) is 6.09. The van der Waals surface area contributed by atoms with E-state index >= 15 is 0 Å². The first kappa shape index (κ1) is 15.9. The third-order valence-electron chi connectivity index (χ3n) is 3.42. The van der Waals surface area contributed by atoms with Gasteiger partial charge in [0.05, 0.1) is 11.0 Å². The molecule has 0 aliphatic carbocycles. The van der Waals surface area contributed by atoms with Gasteiger partial charge in [-0.15, -0.1) is 0 Å². The third kappa shape index (κ3) is 3.77. The first-order valence-corrected chi connectivity index (χ1v) is 8.07. The van der Waals surface area contributed by atoms with Gasteiger partial charge in [-0.05, 0) is 44.5 Å². The molecule has 0 fully saturated rings. The van der Waals surface area contributed by atoms with Gasteiger partial charge < -0.3 is 16.0 Å². The van der Waals surface area contributed by atoms with Crippen LogP contribution in [-0.2, 0) is 4.79 Å². The van der Waals surface area contributed by atoms with Gasteiger partial charge in [0.25, 0.3) is 0 Å². The fourth-order valence-corrected chi connectivity index (χ4v) is 3.01. The van der Waals surface area contributed by atoms with Gasteiger partial charge in [-0.3, -0.25) is 4.79 Å². The van der Waals surface area contributed by atoms with E-state index in [1.54, 1.807) is 0 Å². The van der Waals surface area contributed by atoms with Gasteiger partial charge in [0.1, 0.15) is 5.54 Å². The van der Waals surface area contributed by atoms with Gasteiger partial charge in [-0.2, -0.15) is 0 Å². The molecule has 21 heavy (non-hydrogen) atoms. The number of thioether (sulfide) groups is 1. The summed E-state index contributed by atoms with van der Waals surface area (Å²) in [7, 11) is 0. The van der Waals surface area contributed by atoms with Crippen molar-refractivity contribution in [3.8, 4) is 0 Å². The Kier molecular flexibility index (Phi) is 4.90. The lowest BCUT2D eigenvalue weighted by atomic mass is 10.1. The predicted octanol–water partition coefficient (Wildman–Crippen LogP) is 2.21. The number of primary amides is 1. The van der Waals surface area contributed by atoms with E-state index in [-0.39, 0.29) is 5.91 Å². The second-order valence-electron chi connectivity index (χ2n) is 5.47. The number of hydrogen-bond acceptors (Lipinski definition) is 4. The van der Waals surface area contributed by atoms with Crippen molar-refractivity contribution >= 4 is 28.7 Å². The number of aryl methyl sites for hydroxylation is 1. The Balaban J connectivity index is 2.10. The Hall–Kier alpha value is -1.53. The summed E-state index contributed by atoms with van der Waals surface area (Å²) in [4.78, 5) is 19.5. The quantitative estimate of drug-likeness (QED) is 0.685. The van der Waals surface area contributed by atoms with Gasteiger partial charge in [-0.25, -0.2) is 4.98 Å². The lowest BCUT2D eigenvalue weighted by Gasteiger charge is -2.26. The zero-order valence-corrected chi connectivity index (χ0v) is 13.5. The van der Waals surface area contributed by atoms with Crippen molar-refractivity contribution in [3.63, 3.8) is 0 Å². The van der Waals surface area contributed by atoms with Gasteiger partial charge in [0, 0.05) is 5.75 Å². The van der Waals surface area contributed by atoms with Crippen LogP contribution in [0.5, 0.6) is 0 Å². The highest BCUT2D eigenvalue weighted by atomic mass is 32.2. The summed E-state index contributed by atoms with van der Waals surface area (Å²) in [5, 5.41) is 4.03. The molecule has 1 amide bonds. The van der Waals surface area contributed by atoms with E-state index in [4.69, 9.17) is 5.73 Å². The van der Waals surface area contributed by atoms with Crippen LogP contribution in [-0.4, -0.2) is 33.7 Å². The van der Waals surface area contributed by atoms with Gasteiger partial charge in [0.2, 0.25) is 5.91 Å². The molecule has 0 radical (unpaired) electrons. The molecule has 1 aromatic carbocycles.